The van der Waals surface area contributed by atoms with Gasteiger partial charge in [-0.05, 0) is 19.1 Å². The van der Waals surface area contributed by atoms with Crippen molar-refractivity contribution in [2.24, 2.45) is 0 Å². The van der Waals surface area contributed by atoms with Gasteiger partial charge in [-0.1, -0.05) is 23.2 Å². The highest BCUT2D eigenvalue weighted by molar-refractivity contribution is 7.09. The fraction of sp³-hybridized carbons (Fsp3) is 0.267. The van der Waals surface area contributed by atoms with Crippen LogP contribution in [0.2, 0.25) is 10.0 Å². The predicted octanol–water partition coefficient (Wildman–Crippen LogP) is 3.27. The zero-order valence-electron chi connectivity index (χ0n) is 12.6. The van der Waals surface area contributed by atoms with Crippen molar-refractivity contribution >= 4 is 46.4 Å². The summed E-state index contributed by atoms with van der Waals surface area (Å²) in [6, 6.07) is 4.75. The average Bonchev–Trinajstić information content (AvgIpc) is 3.00. The van der Waals surface area contributed by atoms with Crippen molar-refractivity contribution in [1.82, 2.24) is 10.3 Å². The number of carboxylic acid groups (broad SMARTS) is 1. The second-order valence-electron chi connectivity index (χ2n) is 4.81. The number of carbonyl (C=O) groups excluding carboxylic acids is 1. The van der Waals surface area contributed by atoms with Crippen molar-refractivity contribution in [2.45, 2.75) is 19.4 Å². The zero-order valence-corrected chi connectivity index (χ0v) is 14.9. The van der Waals surface area contributed by atoms with Gasteiger partial charge in [0.05, 0.1) is 15.1 Å². The number of rotatable bonds is 7. The number of benzene rings is 1. The molecule has 0 saturated heterocycles. The number of thiazole rings is 1. The van der Waals surface area contributed by atoms with Gasteiger partial charge in [0.2, 0.25) is 0 Å². The van der Waals surface area contributed by atoms with E-state index in [1.54, 1.807) is 19.1 Å². The summed E-state index contributed by atoms with van der Waals surface area (Å²) in [5, 5.41) is 14.4. The summed E-state index contributed by atoms with van der Waals surface area (Å²) >= 11 is 13.0. The van der Waals surface area contributed by atoms with E-state index in [-0.39, 0.29) is 11.6 Å². The molecule has 0 aliphatic rings. The number of halogens is 2. The number of nitrogens with zero attached hydrogens (tertiary/aromatic N) is 1. The third kappa shape index (κ3) is 5.09. The predicted molar refractivity (Wildman–Crippen MR) is 92.3 cm³/mol. The van der Waals surface area contributed by atoms with Crippen LogP contribution in [0.4, 0.5) is 0 Å². The van der Waals surface area contributed by atoms with Crippen LogP contribution in [0.1, 0.15) is 22.4 Å². The highest BCUT2D eigenvalue weighted by atomic mass is 35.5. The van der Waals surface area contributed by atoms with Gasteiger partial charge in [0.15, 0.2) is 11.8 Å². The van der Waals surface area contributed by atoms with Gasteiger partial charge >= 0.3 is 5.97 Å². The van der Waals surface area contributed by atoms with Gasteiger partial charge in [-0.25, -0.2) is 9.78 Å². The lowest BCUT2D eigenvalue weighted by Gasteiger charge is -2.14. The molecule has 1 amide bonds. The number of amides is 1. The normalized spacial score (nSPS) is 11.8. The first kappa shape index (κ1) is 18.5. The van der Waals surface area contributed by atoms with Crippen molar-refractivity contribution < 1.29 is 19.4 Å². The first-order valence-electron chi connectivity index (χ1n) is 6.94. The molecule has 6 nitrogen and oxygen atoms in total. The third-order valence-electron chi connectivity index (χ3n) is 2.98. The molecule has 2 rings (SSSR count). The Hall–Kier alpha value is -1.83. The Balaban J connectivity index is 1.80. The minimum Gasteiger partial charge on any atom is -0.481 e. The number of ether oxygens (including phenoxy) is 1. The molecule has 1 atom stereocenters. The summed E-state index contributed by atoms with van der Waals surface area (Å²) in [5.74, 6) is -0.917. The molecule has 0 aliphatic carbocycles. The number of hydrogen-bond acceptors (Lipinski definition) is 5. The smallest absolute Gasteiger partial charge is 0.355 e. The molecule has 1 aromatic heterocycles. The number of aromatic carboxylic acids is 1. The standard InChI is InChI=1S/C15H14Cl2N2O4S/c1-8(23-9-2-3-10(16)11(17)6-9)14(20)18-5-4-13-19-12(7-24-13)15(21)22/h2-3,6-8H,4-5H2,1H3,(H,18,20)(H,21,22). The van der Waals surface area contributed by atoms with Gasteiger partial charge in [0.25, 0.3) is 5.91 Å². The van der Waals surface area contributed by atoms with E-state index in [0.717, 1.165) is 0 Å². The lowest BCUT2D eigenvalue weighted by molar-refractivity contribution is -0.127. The number of carbonyl (C=O) groups is 2. The van der Waals surface area contributed by atoms with Gasteiger partial charge in [0.1, 0.15) is 5.75 Å². The lowest BCUT2D eigenvalue weighted by Crippen LogP contribution is -2.37. The monoisotopic (exact) mass is 388 g/mol. The topological polar surface area (TPSA) is 88.5 Å². The molecule has 9 heteroatoms. The molecule has 0 aliphatic heterocycles. The fourth-order valence-electron chi connectivity index (χ4n) is 1.77. The van der Waals surface area contributed by atoms with Gasteiger partial charge in [-0.3, -0.25) is 4.79 Å². The summed E-state index contributed by atoms with van der Waals surface area (Å²) in [6.45, 7) is 1.95. The molecule has 0 fully saturated rings. The summed E-state index contributed by atoms with van der Waals surface area (Å²) in [4.78, 5) is 26.7. The summed E-state index contributed by atoms with van der Waals surface area (Å²) in [7, 11) is 0. The number of nitrogens with one attached hydrogen (secondary N) is 1. The minimum absolute atomic E-state index is 0.0117. The maximum Gasteiger partial charge on any atom is 0.355 e. The molecule has 0 spiro atoms. The van der Waals surface area contributed by atoms with E-state index in [4.69, 9.17) is 33.0 Å². The molecule has 1 unspecified atom stereocenters. The average molecular weight is 389 g/mol. The molecular weight excluding hydrogens is 375 g/mol. The van der Waals surface area contributed by atoms with E-state index in [1.165, 1.54) is 22.8 Å². The van der Waals surface area contributed by atoms with Crippen LogP contribution in [0.5, 0.6) is 5.75 Å². The zero-order chi connectivity index (χ0) is 17.7. The van der Waals surface area contributed by atoms with Gasteiger partial charge in [-0.2, -0.15) is 0 Å². The van der Waals surface area contributed by atoms with Gasteiger partial charge in [0, 0.05) is 24.4 Å². The molecule has 2 aromatic rings. The van der Waals surface area contributed by atoms with Gasteiger partial charge < -0.3 is 15.2 Å². The van der Waals surface area contributed by atoms with Crippen LogP contribution in [0.25, 0.3) is 0 Å². The highest BCUT2D eigenvalue weighted by Crippen LogP contribution is 2.26. The largest absolute Gasteiger partial charge is 0.481 e. The number of carboxylic acids is 1. The van der Waals surface area contributed by atoms with Crippen LogP contribution in [0.3, 0.4) is 0 Å². The molecule has 0 radical (unpaired) electrons. The maximum absolute atomic E-state index is 12.0. The van der Waals surface area contributed by atoms with Crippen molar-refractivity contribution in [2.75, 3.05) is 6.54 Å². The van der Waals surface area contributed by atoms with Crippen LogP contribution in [0, 0.1) is 0 Å². The molecular formula is C15H14Cl2N2O4S. The van der Waals surface area contributed by atoms with E-state index in [1.807, 2.05) is 0 Å². The second kappa shape index (κ2) is 8.32. The van der Waals surface area contributed by atoms with Crippen LogP contribution in [-0.2, 0) is 11.2 Å². The quantitative estimate of drug-likeness (QED) is 0.759. The van der Waals surface area contributed by atoms with E-state index in [9.17, 15) is 9.59 Å². The first-order valence-corrected chi connectivity index (χ1v) is 8.57. The fourth-order valence-corrected chi connectivity index (χ4v) is 2.83. The van der Waals surface area contributed by atoms with Crippen LogP contribution in [-0.4, -0.2) is 34.6 Å². The van der Waals surface area contributed by atoms with E-state index in [2.05, 4.69) is 10.3 Å². The van der Waals surface area contributed by atoms with E-state index >= 15 is 0 Å². The molecule has 0 saturated carbocycles. The molecule has 1 aromatic carbocycles. The van der Waals surface area contributed by atoms with Crippen LogP contribution >= 0.6 is 34.5 Å². The van der Waals surface area contributed by atoms with Crippen molar-refractivity contribution in [3.8, 4) is 5.75 Å². The Labute approximate surface area is 152 Å². The minimum atomic E-state index is -1.06. The van der Waals surface area contributed by atoms with Crippen molar-refractivity contribution in [3.63, 3.8) is 0 Å². The SMILES string of the molecule is CC(Oc1ccc(Cl)c(Cl)c1)C(=O)NCCc1nc(C(=O)O)cs1. The highest BCUT2D eigenvalue weighted by Gasteiger charge is 2.15. The van der Waals surface area contributed by atoms with Crippen LogP contribution < -0.4 is 10.1 Å². The maximum atomic E-state index is 12.0. The van der Waals surface area contributed by atoms with Crippen molar-refractivity contribution in [3.05, 3.63) is 44.3 Å². The Kier molecular flexibility index (Phi) is 6.42. The second-order valence-corrected chi connectivity index (χ2v) is 6.57. The third-order valence-corrected chi connectivity index (χ3v) is 4.63. The Morgan fingerprint density at radius 3 is 2.75 bits per heavy atom. The Morgan fingerprint density at radius 2 is 2.12 bits per heavy atom. The molecule has 128 valence electrons. The summed E-state index contributed by atoms with van der Waals surface area (Å²) < 4.78 is 5.50. The number of hydrogen-bond donors (Lipinski definition) is 2. The lowest BCUT2D eigenvalue weighted by atomic mass is 10.3. The Morgan fingerprint density at radius 1 is 1.38 bits per heavy atom. The molecule has 24 heavy (non-hydrogen) atoms. The number of aromatic nitrogens is 1. The van der Waals surface area contributed by atoms with Crippen molar-refractivity contribution in [1.29, 1.82) is 0 Å². The molecule has 0 bridgehead atoms. The van der Waals surface area contributed by atoms with Gasteiger partial charge in [-0.15, -0.1) is 11.3 Å². The first-order chi connectivity index (χ1) is 11.4. The summed E-state index contributed by atoms with van der Waals surface area (Å²) in [5.41, 5.74) is 0.0117. The molecule has 2 N–H and O–H groups in total. The van der Waals surface area contributed by atoms with Crippen LogP contribution in [0.15, 0.2) is 23.6 Å². The van der Waals surface area contributed by atoms with E-state index < -0.39 is 12.1 Å². The summed E-state index contributed by atoms with van der Waals surface area (Å²) in [6.07, 6.45) is -0.267. The Bertz CT molecular complexity index is 751. The van der Waals surface area contributed by atoms with E-state index in [0.29, 0.717) is 33.8 Å². The molecule has 1 heterocycles.